The Morgan fingerprint density at radius 2 is 2.29 bits per heavy atom. The number of carbonyl (C=O) groups excluding carboxylic acids is 1. The van der Waals surface area contributed by atoms with Crippen LogP contribution in [0.3, 0.4) is 0 Å². The molecule has 0 bridgehead atoms. The van der Waals surface area contributed by atoms with Crippen molar-refractivity contribution in [3.63, 3.8) is 0 Å². The Bertz CT molecular complexity index is 367. The minimum atomic E-state index is -0.348. The lowest BCUT2D eigenvalue weighted by Gasteiger charge is -2.19. The van der Waals surface area contributed by atoms with Crippen LogP contribution in [0.4, 0.5) is 0 Å². The van der Waals surface area contributed by atoms with Crippen LogP contribution in [0.15, 0.2) is 12.4 Å². The topological polar surface area (TPSA) is 47.0 Å². The van der Waals surface area contributed by atoms with Crippen LogP contribution in [-0.4, -0.2) is 22.6 Å². The number of aromatic amines is 1. The number of nitrogens with one attached hydrogen (secondary N) is 1. The number of carbonyl (C=O) groups is 1. The maximum atomic E-state index is 11.5. The minimum Gasteiger partial charge on any atom is -0.467 e. The molecule has 0 aliphatic carbocycles. The third kappa shape index (κ3) is 2.04. The fraction of sp³-hybridized carbons (Fsp3) is 0.556. The Hall–Kier alpha value is -1.10. The number of rotatable bonds is 3. The van der Waals surface area contributed by atoms with Gasteiger partial charge in [-0.3, -0.25) is 0 Å². The molecule has 1 N–H and O–H groups in total. The van der Waals surface area contributed by atoms with Gasteiger partial charge in [-0.2, -0.15) is 0 Å². The summed E-state index contributed by atoms with van der Waals surface area (Å²) in [7, 11) is 1.38. The van der Waals surface area contributed by atoms with E-state index in [1.165, 1.54) is 7.11 Å². The quantitative estimate of drug-likeness (QED) is 0.617. The number of methoxy groups -OCH3 is 1. The highest BCUT2D eigenvalue weighted by molar-refractivity contribution is 7.71. The van der Waals surface area contributed by atoms with Crippen LogP contribution >= 0.6 is 12.2 Å². The molecule has 0 aliphatic heterocycles. The molecule has 1 atom stereocenters. The molecule has 1 heterocycles. The van der Waals surface area contributed by atoms with E-state index in [-0.39, 0.29) is 17.9 Å². The van der Waals surface area contributed by atoms with E-state index in [9.17, 15) is 4.79 Å². The van der Waals surface area contributed by atoms with Crippen LogP contribution < -0.4 is 0 Å². The monoisotopic (exact) mass is 214 g/mol. The van der Waals surface area contributed by atoms with Gasteiger partial charge in [-0.05, 0) is 18.1 Å². The second-order valence-corrected chi connectivity index (χ2v) is 3.77. The van der Waals surface area contributed by atoms with Crippen molar-refractivity contribution in [3.8, 4) is 0 Å². The molecule has 78 valence electrons. The molecule has 5 heteroatoms. The van der Waals surface area contributed by atoms with Crippen molar-refractivity contribution < 1.29 is 9.53 Å². The van der Waals surface area contributed by atoms with Gasteiger partial charge in [0.2, 0.25) is 0 Å². The summed E-state index contributed by atoms with van der Waals surface area (Å²) in [5.41, 5.74) is 0. The summed E-state index contributed by atoms with van der Waals surface area (Å²) in [5, 5.41) is 0. The van der Waals surface area contributed by atoms with Gasteiger partial charge in [-0.25, -0.2) is 4.79 Å². The third-order valence-corrected chi connectivity index (χ3v) is 2.38. The van der Waals surface area contributed by atoms with Crippen LogP contribution in [-0.2, 0) is 9.53 Å². The van der Waals surface area contributed by atoms with Gasteiger partial charge in [0.15, 0.2) is 4.77 Å². The van der Waals surface area contributed by atoms with Crippen molar-refractivity contribution in [2.45, 2.75) is 19.9 Å². The first-order valence-corrected chi connectivity index (χ1v) is 4.82. The summed E-state index contributed by atoms with van der Waals surface area (Å²) >= 11 is 5.05. The maximum Gasteiger partial charge on any atom is 0.329 e. The average Bonchev–Trinajstić information content (AvgIpc) is 2.52. The van der Waals surface area contributed by atoms with Gasteiger partial charge >= 0.3 is 5.97 Å². The molecule has 0 radical (unpaired) electrons. The molecule has 0 aromatic carbocycles. The summed E-state index contributed by atoms with van der Waals surface area (Å²) in [5.74, 6) is -0.124. The molecule has 0 saturated heterocycles. The van der Waals surface area contributed by atoms with Crippen molar-refractivity contribution in [3.05, 3.63) is 17.2 Å². The van der Waals surface area contributed by atoms with Crippen LogP contribution in [0.25, 0.3) is 0 Å². The normalized spacial score (nSPS) is 12.9. The van der Waals surface area contributed by atoms with Gasteiger partial charge in [0, 0.05) is 12.4 Å². The lowest BCUT2D eigenvalue weighted by Crippen LogP contribution is -2.25. The Morgan fingerprint density at radius 3 is 2.64 bits per heavy atom. The molecule has 0 amide bonds. The smallest absolute Gasteiger partial charge is 0.329 e. The van der Waals surface area contributed by atoms with E-state index in [2.05, 4.69) is 4.98 Å². The first-order valence-electron chi connectivity index (χ1n) is 4.41. The molecule has 0 aliphatic rings. The average molecular weight is 214 g/mol. The Labute approximate surface area is 87.9 Å². The molecule has 0 saturated carbocycles. The molecule has 0 spiro atoms. The highest BCUT2D eigenvalue weighted by Crippen LogP contribution is 2.19. The highest BCUT2D eigenvalue weighted by Gasteiger charge is 2.24. The van der Waals surface area contributed by atoms with Crippen LogP contribution in [0, 0.1) is 10.7 Å². The fourth-order valence-corrected chi connectivity index (χ4v) is 1.62. The molecule has 0 fully saturated rings. The van der Waals surface area contributed by atoms with E-state index in [0.29, 0.717) is 4.77 Å². The Morgan fingerprint density at radius 1 is 1.64 bits per heavy atom. The molecule has 1 unspecified atom stereocenters. The van der Waals surface area contributed by atoms with E-state index in [4.69, 9.17) is 17.0 Å². The second-order valence-electron chi connectivity index (χ2n) is 3.38. The van der Waals surface area contributed by atoms with Crippen molar-refractivity contribution in [1.82, 2.24) is 9.55 Å². The lowest BCUT2D eigenvalue weighted by atomic mass is 10.0. The summed E-state index contributed by atoms with van der Waals surface area (Å²) in [6.07, 6.45) is 3.46. The fourth-order valence-electron chi connectivity index (χ4n) is 1.38. The number of ether oxygens (including phenoxy) is 1. The van der Waals surface area contributed by atoms with E-state index >= 15 is 0 Å². The van der Waals surface area contributed by atoms with E-state index in [0.717, 1.165) is 0 Å². The predicted octanol–water partition coefficient (Wildman–Crippen LogP) is 1.92. The number of nitrogens with zero attached hydrogens (tertiary/aromatic N) is 1. The largest absolute Gasteiger partial charge is 0.467 e. The molecule has 1 rings (SSSR count). The lowest BCUT2D eigenvalue weighted by molar-refractivity contribution is -0.146. The number of esters is 1. The maximum absolute atomic E-state index is 11.5. The summed E-state index contributed by atoms with van der Waals surface area (Å²) in [6.45, 7) is 3.91. The van der Waals surface area contributed by atoms with E-state index in [1.54, 1.807) is 17.0 Å². The minimum absolute atomic E-state index is 0.143. The summed E-state index contributed by atoms with van der Waals surface area (Å²) < 4.78 is 6.98. The van der Waals surface area contributed by atoms with Gasteiger partial charge < -0.3 is 14.3 Å². The van der Waals surface area contributed by atoms with E-state index in [1.807, 2.05) is 13.8 Å². The SMILES string of the molecule is COC(=O)C(C(C)C)n1cc[nH]c1=S. The molecule has 1 aromatic rings. The molecular formula is C9H14N2O2S. The zero-order chi connectivity index (χ0) is 10.7. The number of hydrogen-bond donors (Lipinski definition) is 1. The first kappa shape index (κ1) is 11.0. The van der Waals surface area contributed by atoms with Crippen molar-refractivity contribution in [2.75, 3.05) is 7.11 Å². The summed E-state index contributed by atoms with van der Waals surface area (Å²) in [6, 6.07) is -0.348. The van der Waals surface area contributed by atoms with Crippen molar-refractivity contribution in [1.29, 1.82) is 0 Å². The third-order valence-electron chi connectivity index (χ3n) is 2.05. The Kier molecular flexibility index (Phi) is 3.46. The summed E-state index contributed by atoms with van der Waals surface area (Å²) in [4.78, 5) is 14.4. The zero-order valence-corrected chi connectivity index (χ0v) is 9.30. The van der Waals surface area contributed by atoms with Crippen LogP contribution in [0.2, 0.25) is 0 Å². The van der Waals surface area contributed by atoms with Crippen molar-refractivity contribution >= 4 is 18.2 Å². The second kappa shape index (κ2) is 4.41. The van der Waals surface area contributed by atoms with Gasteiger partial charge in [0.1, 0.15) is 6.04 Å². The first-order chi connectivity index (χ1) is 6.57. The predicted molar refractivity (Wildman–Crippen MR) is 55.5 cm³/mol. The highest BCUT2D eigenvalue weighted by atomic mass is 32.1. The van der Waals surface area contributed by atoms with Crippen LogP contribution in [0.5, 0.6) is 0 Å². The van der Waals surface area contributed by atoms with Gasteiger partial charge in [-0.15, -0.1) is 0 Å². The Balaban J connectivity index is 3.07. The van der Waals surface area contributed by atoms with Crippen LogP contribution in [0.1, 0.15) is 19.9 Å². The number of aromatic nitrogens is 2. The van der Waals surface area contributed by atoms with Gasteiger partial charge in [0.25, 0.3) is 0 Å². The number of H-pyrrole nitrogens is 1. The molecule has 1 aromatic heterocycles. The zero-order valence-electron chi connectivity index (χ0n) is 8.48. The van der Waals surface area contributed by atoms with Gasteiger partial charge in [0.05, 0.1) is 7.11 Å². The molecule has 14 heavy (non-hydrogen) atoms. The van der Waals surface area contributed by atoms with Gasteiger partial charge in [-0.1, -0.05) is 13.8 Å². The standard InChI is InChI=1S/C9H14N2O2S/c1-6(2)7(8(12)13-3)11-5-4-10-9(11)14/h4-7H,1-3H3,(H,10,14). The number of hydrogen-bond acceptors (Lipinski definition) is 3. The molecular weight excluding hydrogens is 200 g/mol. The van der Waals surface area contributed by atoms with Crippen molar-refractivity contribution in [2.24, 2.45) is 5.92 Å². The number of imidazole rings is 1. The molecule has 4 nitrogen and oxygen atoms in total. The van der Waals surface area contributed by atoms with E-state index < -0.39 is 0 Å².